The summed E-state index contributed by atoms with van der Waals surface area (Å²) in [5.41, 5.74) is 11.3. The third-order valence-electron chi connectivity index (χ3n) is 13.2. The summed E-state index contributed by atoms with van der Waals surface area (Å²) in [6.07, 6.45) is 4.91. The molecule has 3 heterocycles. The second kappa shape index (κ2) is 31.9. The molecule has 18 heteroatoms. The lowest BCUT2D eigenvalue weighted by molar-refractivity contribution is -0.503. The molecule has 0 radical (unpaired) electrons. The molecule has 0 saturated heterocycles. The first-order valence-electron chi connectivity index (χ1n) is 26.3. The Kier molecular flexibility index (Phi) is 24.9. The number of fused-ring (bicyclic) bond motifs is 2. The van der Waals surface area contributed by atoms with Gasteiger partial charge in [0.1, 0.15) is 0 Å². The number of carboxylic acid groups (broad SMARTS) is 1. The van der Waals surface area contributed by atoms with Crippen LogP contribution in [-0.4, -0.2) is 200 Å². The molecule has 77 heavy (non-hydrogen) atoms. The molecule has 416 valence electrons. The number of hydrogen-bond donors (Lipinski definition) is 1. The molecule has 18 nitrogen and oxygen atoms in total. The minimum absolute atomic E-state index is 0.0127. The van der Waals surface area contributed by atoms with Crippen molar-refractivity contribution in [2.24, 2.45) is 0 Å². The van der Waals surface area contributed by atoms with Gasteiger partial charge in [-0.2, -0.15) is 4.58 Å². The van der Waals surface area contributed by atoms with Crippen molar-refractivity contribution in [1.29, 1.82) is 0 Å². The molecule has 2 aliphatic rings. The van der Waals surface area contributed by atoms with Crippen LogP contribution in [0.5, 0.6) is 0 Å². The van der Waals surface area contributed by atoms with Gasteiger partial charge in [0.05, 0.1) is 109 Å². The molecule has 6 rings (SSSR count). The highest BCUT2D eigenvalue weighted by atomic mass is 16.5. The highest BCUT2D eigenvalue weighted by Crippen LogP contribution is 2.41. The summed E-state index contributed by atoms with van der Waals surface area (Å²) in [4.78, 5) is 56.0. The fourth-order valence-electron chi connectivity index (χ4n) is 9.21. The number of aliphatic carboxylic acids is 1. The molecule has 1 N–H and O–H groups in total. The van der Waals surface area contributed by atoms with Gasteiger partial charge in [0.15, 0.2) is 5.78 Å². The standard InChI is InChI=1S/C59H76N4O14/c1-43-40-49(54(64)8-7-26-73-27-21-55(65)66)41-44(2)56(43)57-52-19-17-50(45-9-13-47(14-10-45)58(67)60(22-28-74-36-32-69-3)23-29-75-37-33-70-4)62(52)42-63-51(18-20-53(57)63)46-11-15-48(16-12-46)59(68)61(24-30-76-38-34-71-5)25-31-77-39-35-72-6/h9-20,40-41H,7-8,21-39,42H2,1-6H3/p+1. The van der Waals surface area contributed by atoms with Gasteiger partial charge >= 0.3 is 5.97 Å². The molecule has 2 aliphatic heterocycles. The van der Waals surface area contributed by atoms with E-state index in [2.05, 4.69) is 33.4 Å². The van der Waals surface area contributed by atoms with Crippen molar-refractivity contribution in [3.05, 3.63) is 135 Å². The van der Waals surface area contributed by atoms with E-state index in [1.807, 2.05) is 74.5 Å². The Labute approximate surface area is 452 Å². The first-order valence-corrected chi connectivity index (χ1v) is 26.3. The number of rotatable bonds is 37. The van der Waals surface area contributed by atoms with Gasteiger partial charge in [-0.1, -0.05) is 12.1 Å². The number of allylic oxidation sites excluding steroid dienone is 2. The highest BCUT2D eigenvalue weighted by Gasteiger charge is 2.37. The van der Waals surface area contributed by atoms with Crippen molar-refractivity contribution in [3.63, 3.8) is 0 Å². The van der Waals surface area contributed by atoms with E-state index >= 15 is 0 Å². The SMILES string of the molecule is COCCOCCN(CCOCCOC)C(=O)c1ccc(C2=[N+]3Cn4c(ccc4-c4ccc(C(=O)N(CCOCCOC)CCOCCOC)cc4)C(c4c(C)cc(C(=O)CCCOCCC(=O)O)cc4C)=C3C=C2)cc1. The third-order valence-corrected chi connectivity index (χ3v) is 13.2. The van der Waals surface area contributed by atoms with Crippen LogP contribution >= 0.6 is 0 Å². The molecule has 0 saturated carbocycles. The number of benzene rings is 3. The average molecular weight is 1070 g/mol. The fraction of sp³-hybridized carbons (Fsp3) is 0.475. The number of methoxy groups -OCH3 is 4. The van der Waals surface area contributed by atoms with E-state index in [1.165, 1.54) is 0 Å². The van der Waals surface area contributed by atoms with Gasteiger partial charge in [-0.15, -0.1) is 0 Å². The van der Waals surface area contributed by atoms with Crippen LogP contribution in [0.3, 0.4) is 0 Å². The Morgan fingerprint density at radius 1 is 0.519 bits per heavy atom. The Morgan fingerprint density at radius 2 is 0.974 bits per heavy atom. The zero-order chi connectivity index (χ0) is 54.9. The predicted octanol–water partition coefficient (Wildman–Crippen LogP) is 6.56. The van der Waals surface area contributed by atoms with Gasteiger partial charge in [-0.3, -0.25) is 23.7 Å². The van der Waals surface area contributed by atoms with Crippen molar-refractivity contribution in [3.8, 4) is 11.3 Å². The summed E-state index contributed by atoms with van der Waals surface area (Å²) in [6.45, 7) is 11.5. The number of Topliss-reactive ketones (excluding diaryl/α,β-unsaturated/α-hetero) is 1. The van der Waals surface area contributed by atoms with Crippen molar-refractivity contribution >= 4 is 34.9 Å². The predicted molar refractivity (Wildman–Crippen MR) is 291 cm³/mol. The topological polar surface area (TPSA) is 186 Å². The first-order chi connectivity index (χ1) is 37.5. The Bertz CT molecular complexity index is 2610. The van der Waals surface area contributed by atoms with E-state index in [0.29, 0.717) is 142 Å². The van der Waals surface area contributed by atoms with E-state index < -0.39 is 5.97 Å². The van der Waals surface area contributed by atoms with E-state index in [9.17, 15) is 19.2 Å². The number of aryl methyl sites for hydroxylation is 2. The second-order valence-corrected chi connectivity index (χ2v) is 18.5. The van der Waals surface area contributed by atoms with Crippen molar-refractivity contribution in [2.75, 3.05) is 147 Å². The molecule has 4 aromatic rings. The number of amides is 2. The van der Waals surface area contributed by atoms with Crippen LogP contribution in [-0.2, 0) is 54.1 Å². The van der Waals surface area contributed by atoms with Gasteiger partial charge < -0.3 is 57.5 Å². The number of aromatic nitrogens is 1. The van der Waals surface area contributed by atoms with Crippen molar-refractivity contribution in [1.82, 2.24) is 14.4 Å². The Hall–Kier alpha value is -6.19. The number of ether oxygens (including phenoxy) is 9. The maximum absolute atomic E-state index is 14.0. The number of carbonyl (C=O) groups is 4. The van der Waals surface area contributed by atoms with Crippen LogP contribution in [0.2, 0.25) is 0 Å². The zero-order valence-electron chi connectivity index (χ0n) is 45.7. The summed E-state index contributed by atoms with van der Waals surface area (Å²) < 4.78 is 53.4. The van der Waals surface area contributed by atoms with Crippen molar-refractivity contribution < 1.29 is 71.5 Å². The number of carboxylic acids is 1. The maximum atomic E-state index is 14.0. The number of hydrogen-bond acceptors (Lipinski definition) is 13. The quantitative estimate of drug-likeness (QED) is 0.0291. The molecule has 0 aliphatic carbocycles. The normalized spacial score (nSPS) is 12.9. The van der Waals surface area contributed by atoms with Gasteiger partial charge in [-0.05, 0) is 103 Å². The van der Waals surface area contributed by atoms with Gasteiger partial charge in [0.2, 0.25) is 18.1 Å². The summed E-state index contributed by atoms with van der Waals surface area (Å²) in [7, 11) is 6.48. The van der Waals surface area contributed by atoms with E-state index in [0.717, 1.165) is 56.2 Å². The summed E-state index contributed by atoms with van der Waals surface area (Å²) in [6, 6.07) is 23.5. The number of ketones is 1. The molecular formula is C59H77N4O14+. The van der Waals surface area contributed by atoms with Gasteiger partial charge in [0, 0.05) is 102 Å². The molecule has 0 unspecified atom stereocenters. The van der Waals surface area contributed by atoms with Gasteiger partial charge in [0.25, 0.3) is 11.8 Å². The minimum Gasteiger partial charge on any atom is -0.481 e. The van der Waals surface area contributed by atoms with Crippen LogP contribution in [0.4, 0.5) is 0 Å². The average Bonchev–Trinajstić information content (AvgIpc) is 4.07. The van der Waals surface area contributed by atoms with Crippen LogP contribution in [0.25, 0.3) is 16.8 Å². The van der Waals surface area contributed by atoms with E-state index in [1.54, 1.807) is 38.2 Å². The monoisotopic (exact) mass is 1070 g/mol. The Morgan fingerprint density at radius 3 is 1.44 bits per heavy atom. The van der Waals surface area contributed by atoms with Crippen molar-refractivity contribution in [2.45, 2.75) is 39.8 Å². The minimum atomic E-state index is -0.924. The van der Waals surface area contributed by atoms with Crippen LogP contribution in [0.15, 0.2) is 90.6 Å². The lowest BCUT2D eigenvalue weighted by atomic mass is 9.88. The number of nitrogens with zero attached hydrogens (tertiary/aromatic N) is 4. The largest absolute Gasteiger partial charge is 0.481 e. The summed E-state index contributed by atoms with van der Waals surface area (Å²) in [5.74, 6) is -1.20. The molecule has 3 aromatic carbocycles. The zero-order valence-corrected chi connectivity index (χ0v) is 45.7. The molecule has 0 spiro atoms. The maximum Gasteiger partial charge on any atom is 0.305 e. The fourth-order valence-corrected chi connectivity index (χ4v) is 9.21. The smallest absolute Gasteiger partial charge is 0.305 e. The molecular weight excluding hydrogens is 989 g/mol. The Balaban J connectivity index is 1.33. The van der Waals surface area contributed by atoms with Crippen LogP contribution in [0.1, 0.15) is 78.3 Å². The number of carbonyl (C=O) groups excluding carboxylic acids is 3. The van der Waals surface area contributed by atoms with E-state index in [4.69, 9.17) is 47.7 Å². The molecule has 1 aromatic heterocycles. The summed E-state index contributed by atoms with van der Waals surface area (Å²) in [5, 5.41) is 8.94. The third kappa shape index (κ3) is 17.2. The molecule has 2 amide bonds. The lowest BCUT2D eigenvalue weighted by Gasteiger charge is -2.24. The van der Waals surface area contributed by atoms with Crippen LogP contribution < -0.4 is 0 Å². The molecule has 0 atom stereocenters. The summed E-state index contributed by atoms with van der Waals surface area (Å²) >= 11 is 0. The molecule has 0 bridgehead atoms. The molecule has 0 fully saturated rings. The van der Waals surface area contributed by atoms with Gasteiger partial charge in [-0.25, -0.2) is 0 Å². The van der Waals surface area contributed by atoms with Crippen LogP contribution in [0, 0.1) is 13.8 Å². The first kappa shape index (κ1) is 60.0. The lowest BCUT2D eigenvalue weighted by Crippen LogP contribution is -2.37. The van der Waals surface area contributed by atoms with E-state index in [-0.39, 0.29) is 37.0 Å². The highest BCUT2D eigenvalue weighted by molar-refractivity contribution is 6.08. The second-order valence-electron chi connectivity index (χ2n) is 18.5.